The fourth-order valence-corrected chi connectivity index (χ4v) is 1.23. The van der Waals surface area contributed by atoms with Crippen molar-refractivity contribution in [2.45, 2.75) is 31.0 Å². The molecule has 1 heterocycles. The molecule has 1 rings (SSSR count). The van der Waals surface area contributed by atoms with Crippen LogP contribution in [0.3, 0.4) is 0 Å². The van der Waals surface area contributed by atoms with E-state index in [1.807, 2.05) is 0 Å². The molecule has 0 aromatic carbocycles. The van der Waals surface area contributed by atoms with Gasteiger partial charge in [0.2, 0.25) is 0 Å². The minimum atomic E-state index is -1.03. The maximum Gasteiger partial charge on any atom is 0.186 e. The molecule has 0 saturated carbocycles. The third-order valence-corrected chi connectivity index (χ3v) is 1.94. The van der Waals surface area contributed by atoms with Gasteiger partial charge in [-0.15, -0.1) is 0 Å². The third kappa shape index (κ3) is 1.94. The van der Waals surface area contributed by atoms with E-state index in [0.717, 1.165) is 0 Å². The average Bonchev–Trinajstić information content (AvgIpc) is 2.09. The topological polar surface area (TPSA) is 79.2 Å². The predicted molar refractivity (Wildman–Crippen MR) is 39.4 cm³/mol. The number of methoxy groups -OCH3 is 1. The van der Waals surface area contributed by atoms with Crippen LogP contribution in [-0.4, -0.2) is 53.6 Å². The summed E-state index contributed by atoms with van der Waals surface area (Å²) in [5.41, 5.74) is 0. The molecule has 5 nitrogen and oxygen atoms in total. The summed E-state index contributed by atoms with van der Waals surface area (Å²) < 4.78 is 9.85. The van der Waals surface area contributed by atoms with Crippen molar-refractivity contribution in [2.75, 3.05) is 13.7 Å². The zero-order valence-corrected chi connectivity index (χ0v) is 6.88. The molecule has 12 heavy (non-hydrogen) atoms. The molecular weight excluding hydrogens is 164 g/mol. The first-order valence-electron chi connectivity index (χ1n) is 3.84. The molecule has 0 bridgehead atoms. The molecule has 3 unspecified atom stereocenters. The highest BCUT2D eigenvalue weighted by Gasteiger charge is 2.36. The number of rotatable bonds is 2. The maximum absolute atomic E-state index is 9.27. The van der Waals surface area contributed by atoms with E-state index in [1.54, 1.807) is 0 Å². The summed E-state index contributed by atoms with van der Waals surface area (Å²) in [6.07, 6.45) is -2.98. The molecule has 0 amide bonds. The molecule has 0 aromatic rings. The minimum absolute atomic E-state index is 0.177. The van der Waals surface area contributed by atoms with Crippen molar-refractivity contribution in [1.29, 1.82) is 0 Å². The summed E-state index contributed by atoms with van der Waals surface area (Å²) in [6.45, 7) is -0.177. The summed E-state index contributed by atoms with van der Waals surface area (Å²) in [7, 11) is 1.38. The lowest BCUT2D eigenvalue weighted by Crippen LogP contribution is -2.49. The number of hydrogen-bond acceptors (Lipinski definition) is 5. The molecule has 3 N–H and O–H groups in total. The molecule has 1 aliphatic rings. The van der Waals surface area contributed by atoms with Gasteiger partial charge in [-0.25, -0.2) is 0 Å². The van der Waals surface area contributed by atoms with Crippen molar-refractivity contribution in [3.63, 3.8) is 0 Å². The largest absolute Gasteiger partial charge is 0.394 e. The normalized spacial score (nSPS) is 43.0. The smallest absolute Gasteiger partial charge is 0.186 e. The van der Waals surface area contributed by atoms with Crippen molar-refractivity contribution in [3.8, 4) is 0 Å². The van der Waals surface area contributed by atoms with Gasteiger partial charge in [-0.1, -0.05) is 0 Å². The highest BCUT2D eigenvalue weighted by Crippen LogP contribution is 2.20. The van der Waals surface area contributed by atoms with Crippen LogP contribution in [0.15, 0.2) is 0 Å². The monoisotopic (exact) mass is 178 g/mol. The molecule has 0 aromatic heterocycles. The maximum atomic E-state index is 9.27. The van der Waals surface area contributed by atoms with E-state index in [4.69, 9.17) is 14.6 Å². The van der Waals surface area contributed by atoms with E-state index < -0.39 is 24.6 Å². The van der Waals surface area contributed by atoms with E-state index in [2.05, 4.69) is 0 Å². The van der Waals surface area contributed by atoms with Crippen molar-refractivity contribution >= 4 is 0 Å². The van der Waals surface area contributed by atoms with Gasteiger partial charge in [-0.3, -0.25) is 0 Å². The molecule has 4 atom stereocenters. The molecular formula is C7H14O5. The molecule has 5 heteroatoms. The zero-order chi connectivity index (χ0) is 9.14. The Morgan fingerprint density at radius 2 is 2.17 bits per heavy atom. The Balaban J connectivity index is 2.52. The summed E-state index contributed by atoms with van der Waals surface area (Å²) in [6, 6.07) is 0. The van der Waals surface area contributed by atoms with Crippen molar-refractivity contribution < 1.29 is 24.8 Å². The highest BCUT2D eigenvalue weighted by molar-refractivity contribution is 4.80. The molecule has 1 saturated heterocycles. The van der Waals surface area contributed by atoms with Crippen LogP contribution in [0.1, 0.15) is 6.42 Å². The summed E-state index contributed by atoms with van der Waals surface area (Å²) >= 11 is 0. The van der Waals surface area contributed by atoms with Crippen molar-refractivity contribution in [3.05, 3.63) is 0 Å². The lowest BCUT2D eigenvalue weighted by Gasteiger charge is -2.35. The van der Waals surface area contributed by atoms with Gasteiger partial charge < -0.3 is 24.8 Å². The molecule has 0 aliphatic carbocycles. The second-order valence-corrected chi connectivity index (χ2v) is 2.84. The van der Waals surface area contributed by atoms with Gasteiger partial charge in [0.15, 0.2) is 6.29 Å². The van der Waals surface area contributed by atoms with Crippen LogP contribution in [0.4, 0.5) is 0 Å². The molecule has 1 aliphatic heterocycles. The fourth-order valence-electron chi connectivity index (χ4n) is 1.23. The first-order valence-corrected chi connectivity index (χ1v) is 3.84. The van der Waals surface area contributed by atoms with Crippen LogP contribution >= 0.6 is 0 Å². The van der Waals surface area contributed by atoms with Gasteiger partial charge in [-0.05, 0) is 0 Å². The Hall–Kier alpha value is -0.200. The van der Waals surface area contributed by atoms with Gasteiger partial charge in [0.25, 0.3) is 0 Å². The second-order valence-electron chi connectivity index (χ2n) is 2.84. The number of aliphatic hydroxyl groups excluding tert-OH is 3. The van der Waals surface area contributed by atoms with Crippen LogP contribution < -0.4 is 0 Å². The average molecular weight is 178 g/mol. The zero-order valence-electron chi connectivity index (χ0n) is 6.88. The third-order valence-electron chi connectivity index (χ3n) is 1.94. The van der Waals surface area contributed by atoms with Crippen molar-refractivity contribution in [1.82, 2.24) is 0 Å². The quantitative estimate of drug-likeness (QED) is 0.477. The lowest BCUT2D eigenvalue weighted by molar-refractivity contribution is -0.262. The minimum Gasteiger partial charge on any atom is -0.394 e. The lowest BCUT2D eigenvalue weighted by atomic mass is 10.0. The molecule has 72 valence electrons. The van der Waals surface area contributed by atoms with E-state index in [1.165, 1.54) is 7.11 Å². The van der Waals surface area contributed by atoms with Crippen molar-refractivity contribution in [2.24, 2.45) is 0 Å². The van der Waals surface area contributed by atoms with Gasteiger partial charge in [0.1, 0.15) is 6.10 Å². The second kappa shape index (κ2) is 4.15. The summed E-state index contributed by atoms with van der Waals surface area (Å²) in [4.78, 5) is 0. The SMILES string of the molecule is COC1OC(CO)C[C@H](O)C1O. The molecule has 0 spiro atoms. The Labute approximate surface area is 70.5 Å². The number of aliphatic hydroxyl groups is 3. The Morgan fingerprint density at radius 3 is 2.67 bits per heavy atom. The Bertz CT molecular complexity index is 140. The first kappa shape index (κ1) is 9.88. The van der Waals surface area contributed by atoms with Crippen LogP contribution in [0.5, 0.6) is 0 Å². The van der Waals surface area contributed by atoms with E-state index in [0.29, 0.717) is 0 Å². The van der Waals surface area contributed by atoms with E-state index >= 15 is 0 Å². The van der Waals surface area contributed by atoms with Crippen LogP contribution in [-0.2, 0) is 9.47 Å². The number of ether oxygens (including phenoxy) is 2. The summed E-state index contributed by atoms with van der Waals surface area (Å²) in [5, 5.41) is 27.3. The Kier molecular flexibility index (Phi) is 3.42. The van der Waals surface area contributed by atoms with Crippen LogP contribution in [0.2, 0.25) is 0 Å². The Morgan fingerprint density at radius 1 is 1.50 bits per heavy atom. The predicted octanol–water partition coefficient (Wildman–Crippen LogP) is -1.54. The fraction of sp³-hybridized carbons (Fsp3) is 1.00. The van der Waals surface area contributed by atoms with Gasteiger partial charge in [0, 0.05) is 13.5 Å². The van der Waals surface area contributed by atoms with Gasteiger partial charge in [-0.2, -0.15) is 0 Å². The van der Waals surface area contributed by atoms with Crippen LogP contribution in [0.25, 0.3) is 0 Å². The van der Waals surface area contributed by atoms with Gasteiger partial charge in [0.05, 0.1) is 18.8 Å². The van der Waals surface area contributed by atoms with E-state index in [9.17, 15) is 10.2 Å². The first-order chi connectivity index (χ1) is 5.69. The number of hydrogen-bond donors (Lipinski definition) is 3. The van der Waals surface area contributed by atoms with Crippen LogP contribution in [0, 0.1) is 0 Å². The molecule has 1 fully saturated rings. The highest BCUT2D eigenvalue weighted by atomic mass is 16.7. The van der Waals surface area contributed by atoms with Gasteiger partial charge >= 0.3 is 0 Å². The summed E-state index contributed by atoms with van der Waals surface area (Å²) in [5.74, 6) is 0. The standard InChI is InChI=1S/C7H14O5/c1-11-7-6(10)5(9)2-4(3-8)12-7/h4-10H,2-3H2,1H3/t4?,5-,6?,7?/m0/s1. The van der Waals surface area contributed by atoms with E-state index in [-0.39, 0.29) is 13.0 Å². The molecule has 0 radical (unpaired) electrons.